The van der Waals surface area contributed by atoms with Crippen molar-refractivity contribution in [2.45, 2.75) is 18.9 Å². The van der Waals surface area contributed by atoms with E-state index < -0.39 is 16.2 Å². The third-order valence-corrected chi connectivity index (χ3v) is 4.78. The van der Waals surface area contributed by atoms with Gasteiger partial charge in [-0.25, -0.2) is 4.98 Å². The predicted molar refractivity (Wildman–Crippen MR) is 94.0 cm³/mol. The highest BCUT2D eigenvalue weighted by atomic mass is 16.6. The number of rotatable bonds is 3. The Hall–Kier alpha value is -3.22. The van der Waals surface area contributed by atoms with Crippen molar-refractivity contribution in [2.75, 3.05) is 11.9 Å². The molecular formula is C18H16N4O3. The summed E-state index contributed by atoms with van der Waals surface area (Å²) >= 11 is 0. The van der Waals surface area contributed by atoms with Crippen LogP contribution in [0.25, 0.3) is 5.65 Å². The van der Waals surface area contributed by atoms with Gasteiger partial charge in [-0.05, 0) is 36.1 Å². The van der Waals surface area contributed by atoms with Crippen LogP contribution in [0.15, 0.2) is 53.5 Å². The number of benzene rings is 1. The molecule has 2 aromatic heterocycles. The molecule has 3 aromatic rings. The summed E-state index contributed by atoms with van der Waals surface area (Å²) in [7, 11) is 1.76. The number of aromatic nitrogens is 2. The van der Waals surface area contributed by atoms with E-state index in [1.165, 1.54) is 16.2 Å². The molecule has 0 bridgehead atoms. The van der Waals surface area contributed by atoms with E-state index in [-0.39, 0.29) is 11.9 Å². The summed E-state index contributed by atoms with van der Waals surface area (Å²) in [5.74, 6) is 0.114. The van der Waals surface area contributed by atoms with Gasteiger partial charge in [0.2, 0.25) is 5.82 Å². The van der Waals surface area contributed by atoms with Crippen molar-refractivity contribution in [3.05, 3.63) is 80.3 Å². The first-order valence-corrected chi connectivity index (χ1v) is 8.04. The van der Waals surface area contributed by atoms with Gasteiger partial charge in [0.1, 0.15) is 5.65 Å². The molecule has 0 aliphatic heterocycles. The second-order valence-corrected chi connectivity index (χ2v) is 6.14. The van der Waals surface area contributed by atoms with Gasteiger partial charge >= 0.3 is 11.2 Å². The van der Waals surface area contributed by atoms with Crippen molar-refractivity contribution in [2.24, 2.45) is 0 Å². The van der Waals surface area contributed by atoms with Crippen LogP contribution in [0.5, 0.6) is 0 Å². The molecule has 4 rings (SSSR count). The maximum atomic E-state index is 12.6. The summed E-state index contributed by atoms with van der Waals surface area (Å²) in [6.07, 6.45) is 3.24. The zero-order valence-electron chi connectivity index (χ0n) is 13.6. The van der Waals surface area contributed by atoms with Gasteiger partial charge in [-0.2, -0.15) is 0 Å². The smallest absolute Gasteiger partial charge is 0.347 e. The van der Waals surface area contributed by atoms with Crippen LogP contribution in [0, 0.1) is 10.1 Å². The van der Waals surface area contributed by atoms with Crippen LogP contribution in [-0.2, 0) is 6.42 Å². The lowest BCUT2D eigenvalue weighted by atomic mass is 10.1. The molecule has 126 valence electrons. The van der Waals surface area contributed by atoms with E-state index in [1.54, 1.807) is 30.1 Å². The highest BCUT2D eigenvalue weighted by molar-refractivity contribution is 5.62. The number of aryl methyl sites for hydroxylation is 1. The van der Waals surface area contributed by atoms with E-state index in [1.807, 2.05) is 18.2 Å². The summed E-state index contributed by atoms with van der Waals surface area (Å²) in [4.78, 5) is 29.7. The van der Waals surface area contributed by atoms with E-state index in [2.05, 4.69) is 11.1 Å². The summed E-state index contributed by atoms with van der Waals surface area (Å²) < 4.78 is 1.21. The molecule has 7 heteroatoms. The second-order valence-electron chi connectivity index (χ2n) is 6.14. The number of pyridine rings is 1. The van der Waals surface area contributed by atoms with Gasteiger partial charge in [0.15, 0.2) is 0 Å². The van der Waals surface area contributed by atoms with Crippen molar-refractivity contribution in [1.29, 1.82) is 0 Å². The molecule has 0 saturated carbocycles. The van der Waals surface area contributed by atoms with Crippen LogP contribution in [0.2, 0.25) is 0 Å². The van der Waals surface area contributed by atoms with Crippen LogP contribution in [0.4, 0.5) is 11.5 Å². The Morgan fingerprint density at radius 3 is 2.80 bits per heavy atom. The minimum atomic E-state index is -0.663. The zero-order chi connectivity index (χ0) is 17.6. The number of hydrogen-bond donors (Lipinski definition) is 0. The standard InChI is InChI=1S/C18H16N4O3/c1-20(14-10-9-12-6-2-3-7-13(12)14)17-16(22(24)25)18(23)21-11-5-4-8-15(21)19-17/h2-8,11,14H,9-10H2,1H3. The fourth-order valence-corrected chi connectivity index (χ4v) is 3.56. The second kappa shape index (κ2) is 5.70. The number of fused-ring (bicyclic) bond motifs is 2. The van der Waals surface area contributed by atoms with Crippen molar-refractivity contribution < 1.29 is 4.92 Å². The Balaban J connectivity index is 1.90. The van der Waals surface area contributed by atoms with Gasteiger partial charge in [0, 0.05) is 13.2 Å². The van der Waals surface area contributed by atoms with Crippen molar-refractivity contribution in [1.82, 2.24) is 9.38 Å². The summed E-state index contributed by atoms with van der Waals surface area (Å²) in [6, 6.07) is 13.1. The Kier molecular flexibility index (Phi) is 3.49. The third-order valence-electron chi connectivity index (χ3n) is 4.78. The lowest BCUT2D eigenvalue weighted by Crippen LogP contribution is -2.28. The monoisotopic (exact) mass is 336 g/mol. The van der Waals surface area contributed by atoms with Crippen molar-refractivity contribution in [3.8, 4) is 0 Å². The summed E-state index contributed by atoms with van der Waals surface area (Å²) in [6.45, 7) is 0. The Morgan fingerprint density at radius 1 is 1.24 bits per heavy atom. The van der Waals surface area contributed by atoms with Gasteiger partial charge in [0.25, 0.3) is 0 Å². The van der Waals surface area contributed by atoms with Crippen LogP contribution >= 0.6 is 0 Å². The normalized spacial score (nSPS) is 16.0. The SMILES string of the molecule is CN(c1nc2ccccn2c(=O)c1[N+](=O)[O-])C1CCc2ccccc21. The maximum Gasteiger partial charge on any atom is 0.376 e. The molecule has 2 heterocycles. The topological polar surface area (TPSA) is 80.8 Å². The number of anilines is 1. The van der Waals surface area contributed by atoms with E-state index in [0.717, 1.165) is 18.4 Å². The van der Waals surface area contributed by atoms with Gasteiger partial charge in [-0.15, -0.1) is 0 Å². The first kappa shape index (κ1) is 15.3. The lowest BCUT2D eigenvalue weighted by Gasteiger charge is -2.26. The fraction of sp³-hybridized carbons (Fsp3) is 0.222. The highest BCUT2D eigenvalue weighted by Gasteiger charge is 2.33. The molecule has 1 atom stereocenters. The molecule has 0 spiro atoms. The van der Waals surface area contributed by atoms with E-state index in [9.17, 15) is 14.9 Å². The molecule has 25 heavy (non-hydrogen) atoms. The van der Waals surface area contributed by atoms with Gasteiger partial charge in [-0.1, -0.05) is 30.3 Å². The third kappa shape index (κ3) is 2.36. The largest absolute Gasteiger partial charge is 0.376 e. The Labute approximate surface area is 143 Å². The average Bonchev–Trinajstić information content (AvgIpc) is 3.04. The molecule has 0 amide bonds. The van der Waals surface area contributed by atoms with Crippen LogP contribution in [-0.4, -0.2) is 21.4 Å². The van der Waals surface area contributed by atoms with E-state index in [4.69, 9.17) is 0 Å². The average molecular weight is 336 g/mol. The maximum absolute atomic E-state index is 12.6. The van der Waals surface area contributed by atoms with E-state index in [0.29, 0.717) is 5.65 Å². The summed E-state index contributed by atoms with van der Waals surface area (Å²) in [5, 5.41) is 11.6. The number of nitrogens with zero attached hydrogens (tertiary/aromatic N) is 4. The van der Waals surface area contributed by atoms with Gasteiger partial charge < -0.3 is 4.90 Å². The molecule has 0 radical (unpaired) electrons. The minimum absolute atomic E-state index is 0.0343. The molecular weight excluding hydrogens is 320 g/mol. The van der Waals surface area contributed by atoms with E-state index >= 15 is 0 Å². The quantitative estimate of drug-likeness (QED) is 0.543. The highest BCUT2D eigenvalue weighted by Crippen LogP contribution is 2.38. The summed E-state index contributed by atoms with van der Waals surface area (Å²) in [5.41, 5.74) is 1.61. The van der Waals surface area contributed by atoms with Crippen LogP contribution in [0.1, 0.15) is 23.6 Å². The molecule has 1 aliphatic carbocycles. The van der Waals surface area contributed by atoms with Crippen molar-refractivity contribution in [3.63, 3.8) is 0 Å². The first-order chi connectivity index (χ1) is 12.1. The fourth-order valence-electron chi connectivity index (χ4n) is 3.56. The van der Waals surface area contributed by atoms with Crippen molar-refractivity contribution >= 4 is 17.2 Å². The molecule has 0 N–H and O–H groups in total. The molecule has 1 aliphatic rings. The Morgan fingerprint density at radius 2 is 2.00 bits per heavy atom. The molecule has 0 fully saturated rings. The van der Waals surface area contributed by atoms with Crippen LogP contribution in [0.3, 0.4) is 0 Å². The number of nitro groups is 1. The zero-order valence-corrected chi connectivity index (χ0v) is 13.6. The number of hydrogen-bond acceptors (Lipinski definition) is 5. The van der Waals surface area contributed by atoms with Gasteiger partial charge in [0.05, 0.1) is 11.0 Å². The predicted octanol–water partition coefficient (Wildman–Crippen LogP) is 2.73. The minimum Gasteiger partial charge on any atom is -0.347 e. The first-order valence-electron chi connectivity index (χ1n) is 8.04. The van der Waals surface area contributed by atoms with Gasteiger partial charge in [-0.3, -0.25) is 19.3 Å². The van der Waals surface area contributed by atoms with Crippen LogP contribution < -0.4 is 10.5 Å². The Bertz CT molecular complexity index is 1040. The molecule has 0 saturated heterocycles. The lowest BCUT2D eigenvalue weighted by molar-refractivity contribution is -0.385. The molecule has 1 unspecified atom stereocenters. The molecule has 7 nitrogen and oxygen atoms in total. The molecule has 1 aromatic carbocycles.